The molecule has 4 heteroatoms. The highest BCUT2D eigenvalue weighted by molar-refractivity contribution is 5.95. The maximum absolute atomic E-state index is 7.38. The van der Waals surface area contributed by atoms with Crippen molar-refractivity contribution in [2.24, 2.45) is 5.73 Å². The molecule has 0 amide bonds. The zero-order chi connectivity index (χ0) is 14.0. The van der Waals surface area contributed by atoms with Gasteiger partial charge < -0.3 is 15.4 Å². The van der Waals surface area contributed by atoms with Gasteiger partial charge in [-0.15, -0.1) is 0 Å². The summed E-state index contributed by atoms with van der Waals surface area (Å²) in [7, 11) is 2.07. The molecule has 1 saturated heterocycles. The second-order valence-electron chi connectivity index (χ2n) is 5.88. The van der Waals surface area contributed by atoms with E-state index < -0.39 is 0 Å². The van der Waals surface area contributed by atoms with Crippen LogP contribution in [0.15, 0.2) is 24.3 Å². The Hall–Kier alpha value is -1.55. The number of amidine groups is 1. The molecular formula is C15H23N3O. The highest BCUT2D eigenvalue weighted by Gasteiger charge is 2.32. The van der Waals surface area contributed by atoms with Crippen LogP contribution in [0.4, 0.5) is 5.69 Å². The van der Waals surface area contributed by atoms with Gasteiger partial charge in [0, 0.05) is 24.8 Å². The molecule has 1 aliphatic rings. The Balaban J connectivity index is 1.96. The lowest BCUT2D eigenvalue weighted by atomic mass is 10.1. The van der Waals surface area contributed by atoms with Crippen molar-refractivity contribution in [3.63, 3.8) is 0 Å². The Labute approximate surface area is 115 Å². The van der Waals surface area contributed by atoms with Gasteiger partial charge in [-0.1, -0.05) is 0 Å². The molecule has 1 heterocycles. The van der Waals surface area contributed by atoms with Gasteiger partial charge in [0.15, 0.2) is 0 Å². The topological polar surface area (TPSA) is 62.3 Å². The molecule has 0 radical (unpaired) electrons. The van der Waals surface area contributed by atoms with Crippen LogP contribution in [-0.4, -0.2) is 31.1 Å². The summed E-state index contributed by atoms with van der Waals surface area (Å²) in [6.07, 6.45) is 2.53. The number of rotatable bonds is 4. The average molecular weight is 261 g/mol. The van der Waals surface area contributed by atoms with Crippen LogP contribution >= 0.6 is 0 Å². The Morgan fingerprint density at radius 2 is 2.05 bits per heavy atom. The van der Waals surface area contributed by atoms with Crippen LogP contribution in [0.1, 0.15) is 32.3 Å². The van der Waals surface area contributed by atoms with E-state index in [1.165, 1.54) is 0 Å². The number of anilines is 1. The smallest absolute Gasteiger partial charge is 0.122 e. The molecule has 1 fully saturated rings. The van der Waals surface area contributed by atoms with Crippen molar-refractivity contribution < 1.29 is 4.74 Å². The van der Waals surface area contributed by atoms with Crippen LogP contribution in [0.5, 0.6) is 0 Å². The molecule has 0 spiro atoms. The van der Waals surface area contributed by atoms with Gasteiger partial charge in [-0.25, -0.2) is 0 Å². The first kappa shape index (κ1) is 13.9. The normalized spacial score (nSPS) is 21.3. The third kappa shape index (κ3) is 3.47. The molecule has 1 aromatic carbocycles. The minimum absolute atomic E-state index is 0.0179. The Morgan fingerprint density at radius 3 is 2.53 bits per heavy atom. The third-order valence-corrected chi connectivity index (χ3v) is 3.65. The Morgan fingerprint density at radius 1 is 1.42 bits per heavy atom. The summed E-state index contributed by atoms with van der Waals surface area (Å²) >= 11 is 0. The molecule has 2 rings (SSSR count). The number of hydrogen-bond donors (Lipinski definition) is 2. The van der Waals surface area contributed by atoms with Gasteiger partial charge in [-0.2, -0.15) is 0 Å². The van der Waals surface area contributed by atoms with Gasteiger partial charge in [0.25, 0.3) is 0 Å². The Kier molecular flexibility index (Phi) is 3.80. The fourth-order valence-corrected chi connectivity index (χ4v) is 2.51. The van der Waals surface area contributed by atoms with Crippen molar-refractivity contribution in [3.05, 3.63) is 29.8 Å². The number of nitrogens with zero attached hydrogens (tertiary/aromatic N) is 1. The fraction of sp³-hybridized carbons (Fsp3) is 0.533. The minimum Gasteiger partial charge on any atom is -0.384 e. The van der Waals surface area contributed by atoms with E-state index in [4.69, 9.17) is 15.9 Å². The lowest BCUT2D eigenvalue weighted by molar-refractivity contribution is -0.0111. The van der Waals surface area contributed by atoms with Gasteiger partial charge in [-0.05, 0) is 51.0 Å². The van der Waals surface area contributed by atoms with Crippen molar-refractivity contribution in [1.82, 2.24) is 0 Å². The summed E-state index contributed by atoms with van der Waals surface area (Å²) in [5.74, 6) is 0.107. The van der Waals surface area contributed by atoms with E-state index in [0.29, 0.717) is 6.10 Å². The zero-order valence-electron chi connectivity index (χ0n) is 11.9. The maximum Gasteiger partial charge on any atom is 0.122 e. The van der Waals surface area contributed by atoms with E-state index in [2.05, 4.69) is 25.8 Å². The summed E-state index contributed by atoms with van der Waals surface area (Å²) in [5.41, 5.74) is 7.35. The largest absolute Gasteiger partial charge is 0.384 e. The number of benzene rings is 1. The number of nitrogens with one attached hydrogen (secondary N) is 1. The van der Waals surface area contributed by atoms with Crippen molar-refractivity contribution in [3.8, 4) is 0 Å². The third-order valence-electron chi connectivity index (χ3n) is 3.65. The van der Waals surface area contributed by atoms with Crippen LogP contribution in [0, 0.1) is 5.41 Å². The van der Waals surface area contributed by atoms with Crippen LogP contribution in [-0.2, 0) is 4.74 Å². The van der Waals surface area contributed by atoms with Gasteiger partial charge >= 0.3 is 0 Å². The number of ether oxygens (including phenoxy) is 1. The zero-order valence-corrected chi connectivity index (χ0v) is 11.9. The molecule has 0 aromatic heterocycles. The molecule has 1 unspecified atom stereocenters. The Bertz CT molecular complexity index is 453. The molecule has 1 atom stereocenters. The quantitative estimate of drug-likeness (QED) is 0.646. The van der Waals surface area contributed by atoms with Crippen molar-refractivity contribution >= 4 is 11.5 Å². The predicted molar refractivity (Wildman–Crippen MR) is 78.9 cm³/mol. The minimum atomic E-state index is 0.0179. The second kappa shape index (κ2) is 5.21. The molecular weight excluding hydrogens is 238 g/mol. The van der Waals surface area contributed by atoms with Crippen LogP contribution in [0.25, 0.3) is 0 Å². The number of nitrogen functional groups attached to an aromatic ring is 1. The van der Waals surface area contributed by atoms with E-state index in [0.717, 1.165) is 30.6 Å². The summed E-state index contributed by atoms with van der Waals surface area (Å²) in [4.78, 5) is 2.19. The van der Waals surface area contributed by atoms with Gasteiger partial charge in [-0.3, -0.25) is 5.41 Å². The molecule has 0 aliphatic carbocycles. The van der Waals surface area contributed by atoms with E-state index in [1.54, 1.807) is 0 Å². The fourth-order valence-electron chi connectivity index (χ4n) is 2.51. The lowest BCUT2D eigenvalue weighted by Gasteiger charge is -2.25. The van der Waals surface area contributed by atoms with Crippen molar-refractivity contribution in [1.29, 1.82) is 5.41 Å². The first-order valence-electron chi connectivity index (χ1n) is 6.71. The standard InChI is InChI=1S/C15H23N3O/c1-15(2)9-8-13(19-15)10-18(3)12-6-4-11(5-7-12)14(16)17/h4-7,13H,8-10H2,1-3H3,(H3,16,17). The van der Waals surface area contributed by atoms with Crippen molar-refractivity contribution in [2.75, 3.05) is 18.5 Å². The van der Waals surface area contributed by atoms with E-state index in [1.807, 2.05) is 24.3 Å². The summed E-state index contributed by atoms with van der Waals surface area (Å²) in [6.45, 7) is 5.19. The number of hydrogen-bond acceptors (Lipinski definition) is 3. The predicted octanol–water partition coefficient (Wildman–Crippen LogP) is 2.36. The van der Waals surface area contributed by atoms with Gasteiger partial charge in [0.2, 0.25) is 0 Å². The highest BCUT2D eigenvalue weighted by Crippen LogP contribution is 2.30. The number of likely N-dealkylation sites (N-methyl/N-ethyl adjacent to an activating group) is 1. The van der Waals surface area contributed by atoms with Crippen LogP contribution in [0.3, 0.4) is 0 Å². The van der Waals surface area contributed by atoms with Gasteiger partial charge in [0.05, 0.1) is 11.7 Å². The maximum atomic E-state index is 7.38. The molecule has 104 valence electrons. The molecule has 4 nitrogen and oxygen atoms in total. The average Bonchev–Trinajstić information content (AvgIpc) is 2.68. The van der Waals surface area contributed by atoms with E-state index in [9.17, 15) is 0 Å². The number of nitrogens with two attached hydrogens (primary N) is 1. The molecule has 19 heavy (non-hydrogen) atoms. The van der Waals surface area contributed by atoms with Crippen LogP contribution in [0.2, 0.25) is 0 Å². The lowest BCUT2D eigenvalue weighted by Crippen LogP contribution is -2.31. The van der Waals surface area contributed by atoms with Crippen LogP contribution < -0.4 is 10.6 Å². The second-order valence-corrected chi connectivity index (χ2v) is 5.88. The van der Waals surface area contributed by atoms with Gasteiger partial charge in [0.1, 0.15) is 5.84 Å². The SMILES string of the molecule is CN(CC1CCC(C)(C)O1)c1ccc(C(=N)N)cc1. The molecule has 1 aromatic rings. The first-order valence-corrected chi connectivity index (χ1v) is 6.71. The van der Waals surface area contributed by atoms with E-state index >= 15 is 0 Å². The summed E-state index contributed by atoms with van der Waals surface area (Å²) in [6, 6.07) is 7.76. The molecule has 1 aliphatic heterocycles. The summed E-state index contributed by atoms with van der Waals surface area (Å²) in [5, 5.41) is 7.38. The molecule has 0 bridgehead atoms. The highest BCUT2D eigenvalue weighted by atomic mass is 16.5. The summed E-state index contributed by atoms with van der Waals surface area (Å²) < 4.78 is 6.01. The monoisotopic (exact) mass is 261 g/mol. The first-order chi connectivity index (χ1) is 8.87. The molecule has 0 saturated carbocycles. The van der Waals surface area contributed by atoms with Crippen molar-refractivity contribution in [2.45, 2.75) is 38.4 Å². The molecule has 3 N–H and O–H groups in total. The van der Waals surface area contributed by atoms with E-state index in [-0.39, 0.29) is 11.4 Å².